The molecule has 2 aromatic heterocycles. The van der Waals surface area contributed by atoms with Gasteiger partial charge in [0.1, 0.15) is 10.8 Å². The highest BCUT2D eigenvalue weighted by Crippen LogP contribution is 2.29. The van der Waals surface area contributed by atoms with Crippen LogP contribution in [0.3, 0.4) is 0 Å². The average molecular weight is 503 g/mol. The molecule has 0 fully saturated rings. The number of ether oxygens (including phenoxy) is 2. The Morgan fingerprint density at radius 3 is 2.59 bits per heavy atom. The first-order valence-electron chi connectivity index (χ1n) is 11.1. The van der Waals surface area contributed by atoms with E-state index in [0.717, 1.165) is 16.2 Å². The van der Waals surface area contributed by atoms with Crippen molar-refractivity contribution in [1.29, 1.82) is 0 Å². The molecule has 3 rings (SSSR count). The van der Waals surface area contributed by atoms with Gasteiger partial charge >= 0.3 is 5.97 Å². The number of anilines is 1. The van der Waals surface area contributed by atoms with Crippen LogP contribution in [0.2, 0.25) is 0 Å². The van der Waals surface area contributed by atoms with Gasteiger partial charge in [-0.15, -0.1) is 21.5 Å². The maximum atomic E-state index is 12.6. The molecule has 1 aromatic carbocycles. The topological polar surface area (TPSA) is 95.3 Å². The van der Waals surface area contributed by atoms with Crippen molar-refractivity contribution < 1.29 is 19.1 Å². The Kier molecular flexibility index (Phi) is 8.73. The molecule has 8 nitrogen and oxygen atoms in total. The summed E-state index contributed by atoms with van der Waals surface area (Å²) in [7, 11) is 0. The number of thioether (sulfide) groups is 1. The maximum Gasteiger partial charge on any atom is 0.341 e. The van der Waals surface area contributed by atoms with Gasteiger partial charge in [-0.25, -0.2) is 4.79 Å². The van der Waals surface area contributed by atoms with E-state index in [1.54, 1.807) is 13.0 Å². The van der Waals surface area contributed by atoms with Crippen LogP contribution in [0.5, 0.6) is 5.75 Å². The third kappa shape index (κ3) is 6.18. The number of amides is 1. The summed E-state index contributed by atoms with van der Waals surface area (Å²) in [6.45, 7) is 12.6. The lowest BCUT2D eigenvalue weighted by Crippen LogP contribution is -2.16. The van der Waals surface area contributed by atoms with E-state index in [1.807, 2.05) is 50.5 Å². The lowest BCUT2D eigenvalue weighted by Gasteiger charge is -2.16. The largest absolute Gasteiger partial charge is 0.483 e. The molecule has 0 aliphatic rings. The molecule has 0 saturated heterocycles. The van der Waals surface area contributed by atoms with Crippen LogP contribution in [0.1, 0.15) is 59.1 Å². The molecule has 182 valence electrons. The number of nitrogens with one attached hydrogen (secondary N) is 1. The zero-order valence-corrected chi connectivity index (χ0v) is 21.9. The van der Waals surface area contributed by atoms with Gasteiger partial charge in [-0.3, -0.25) is 4.79 Å². The molecule has 0 saturated carbocycles. The third-order valence-corrected chi connectivity index (χ3v) is 7.09. The van der Waals surface area contributed by atoms with E-state index in [-0.39, 0.29) is 24.4 Å². The lowest BCUT2D eigenvalue weighted by atomic mass is 10.1. The Bertz CT molecular complexity index is 1170. The Hall–Kier alpha value is -2.85. The van der Waals surface area contributed by atoms with Crippen molar-refractivity contribution in [3.63, 3.8) is 0 Å². The first kappa shape index (κ1) is 25.8. The van der Waals surface area contributed by atoms with E-state index in [0.29, 0.717) is 28.1 Å². The molecule has 0 spiro atoms. The fourth-order valence-corrected chi connectivity index (χ4v) is 5.03. The summed E-state index contributed by atoms with van der Waals surface area (Å²) in [5.74, 6) is 0.927. The molecule has 1 unspecified atom stereocenters. The van der Waals surface area contributed by atoms with Gasteiger partial charge in [-0.2, -0.15) is 0 Å². The second-order valence-electron chi connectivity index (χ2n) is 7.75. The number of rotatable bonds is 10. The van der Waals surface area contributed by atoms with Crippen molar-refractivity contribution in [1.82, 2.24) is 14.8 Å². The van der Waals surface area contributed by atoms with Gasteiger partial charge in [-0.1, -0.05) is 17.8 Å². The van der Waals surface area contributed by atoms with Crippen LogP contribution in [-0.4, -0.2) is 39.0 Å². The van der Waals surface area contributed by atoms with E-state index >= 15 is 0 Å². The molecule has 0 aliphatic carbocycles. The van der Waals surface area contributed by atoms with E-state index in [9.17, 15) is 9.59 Å². The van der Waals surface area contributed by atoms with Gasteiger partial charge in [0.15, 0.2) is 17.1 Å². The van der Waals surface area contributed by atoms with Gasteiger partial charge < -0.3 is 19.4 Å². The summed E-state index contributed by atoms with van der Waals surface area (Å²) in [6.07, 6.45) is -0.307. The Morgan fingerprint density at radius 2 is 1.91 bits per heavy atom. The highest BCUT2D eigenvalue weighted by molar-refractivity contribution is 7.99. The first-order valence-corrected chi connectivity index (χ1v) is 12.9. The highest BCUT2D eigenvalue weighted by atomic mass is 32.2. The highest BCUT2D eigenvalue weighted by Gasteiger charge is 2.21. The van der Waals surface area contributed by atoms with Crippen LogP contribution in [0.15, 0.2) is 29.4 Å². The molecule has 10 heteroatoms. The lowest BCUT2D eigenvalue weighted by molar-refractivity contribution is -0.113. The molecule has 1 amide bonds. The number of aromatic nitrogens is 3. The summed E-state index contributed by atoms with van der Waals surface area (Å²) in [4.78, 5) is 25.7. The van der Waals surface area contributed by atoms with Gasteiger partial charge in [0.25, 0.3) is 0 Å². The molecular formula is C24H30N4O4S2. The van der Waals surface area contributed by atoms with E-state index in [4.69, 9.17) is 9.47 Å². The standard InChI is InChI=1S/C24H30N4O4S2/c1-7-28-21(17(6)32-18-10-9-14(3)15(4)11-18)26-27-24(28)33-13-20(29)25-22-19(12-16(5)34-22)23(30)31-8-2/h9-12,17H,7-8,13H2,1-6H3,(H,25,29). The minimum Gasteiger partial charge on any atom is -0.483 e. The number of nitrogens with zero attached hydrogens (tertiary/aromatic N) is 3. The van der Waals surface area contributed by atoms with Crippen LogP contribution in [0.4, 0.5) is 5.00 Å². The molecule has 1 N–H and O–H groups in total. The fourth-order valence-electron chi connectivity index (χ4n) is 3.31. The minimum absolute atomic E-state index is 0.129. The third-order valence-electron chi connectivity index (χ3n) is 5.15. The fraction of sp³-hybridized carbons (Fsp3) is 0.417. The number of thiophene rings is 1. The molecule has 0 aliphatic heterocycles. The number of benzene rings is 1. The smallest absolute Gasteiger partial charge is 0.341 e. The van der Waals surface area contributed by atoms with Crippen LogP contribution < -0.4 is 10.1 Å². The number of carbonyl (C=O) groups is 2. The zero-order chi connectivity index (χ0) is 24.8. The predicted molar refractivity (Wildman–Crippen MR) is 135 cm³/mol. The van der Waals surface area contributed by atoms with Crippen molar-refractivity contribution >= 4 is 40.0 Å². The van der Waals surface area contributed by atoms with Gasteiger partial charge in [0.2, 0.25) is 5.91 Å². The molecule has 0 radical (unpaired) electrons. The van der Waals surface area contributed by atoms with Crippen LogP contribution in [0.25, 0.3) is 0 Å². The van der Waals surface area contributed by atoms with Crippen molar-refractivity contribution in [2.75, 3.05) is 17.7 Å². The van der Waals surface area contributed by atoms with Gasteiger partial charge in [0, 0.05) is 11.4 Å². The van der Waals surface area contributed by atoms with Crippen LogP contribution in [-0.2, 0) is 16.1 Å². The number of hydrogen-bond donors (Lipinski definition) is 1. The summed E-state index contributed by atoms with van der Waals surface area (Å²) < 4.78 is 13.1. The Morgan fingerprint density at radius 1 is 1.15 bits per heavy atom. The van der Waals surface area contributed by atoms with Gasteiger partial charge in [0.05, 0.1) is 17.9 Å². The summed E-state index contributed by atoms with van der Waals surface area (Å²) in [6, 6.07) is 7.71. The van der Waals surface area contributed by atoms with Crippen molar-refractivity contribution in [2.24, 2.45) is 0 Å². The number of aryl methyl sites for hydroxylation is 3. The SMILES string of the molecule is CCOC(=O)c1cc(C)sc1NC(=O)CSc1nnc(C(C)Oc2ccc(C)c(C)c2)n1CC. The van der Waals surface area contributed by atoms with E-state index in [1.165, 1.54) is 28.7 Å². The normalized spacial score (nSPS) is 11.8. The number of esters is 1. The minimum atomic E-state index is -0.442. The molecule has 1 atom stereocenters. The Balaban J connectivity index is 1.65. The molecule has 34 heavy (non-hydrogen) atoms. The first-order chi connectivity index (χ1) is 16.2. The maximum absolute atomic E-state index is 12.6. The van der Waals surface area contributed by atoms with Crippen LogP contribution in [0, 0.1) is 20.8 Å². The van der Waals surface area contributed by atoms with Crippen molar-refractivity contribution in [2.45, 2.75) is 59.3 Å². The monoisotopic (exact) mass is 502 g/mol. The second-order valence-corrected chi connectivity index (χ2v) is 9.95. The average Bonchev–Trinajstić information content (AvgIpc) is 3.37. The summed E-state index contributed by atoms with van der Waals surface area (Å²) in [5, 5.41) is 12.6. The number of hydrogen-bond acceptors (Lipinski definition) is 8. The van der Waals surface area contributed by atoms with Crippen molar-refractivity contribution in [3.05, 3.63) is 51.7 Å². The van der Waals surface area contributed by atoms with Gasteiger partial charge in [-0.05, 0) is 70.9 Å². The zero-order valence-electron chi connectivity index (χ0n) is 20.3. The van der Waals surface area contributed by atoms with E-state index in [2.05, 4.69) is 22.4 Å². The quantitative estimate of drug-likeness (QED) is 0.296. The van der Waals surface area contributed by atoms with E-state index < -0.39 is 5.97 Å². The Labute approximate surface area is 208 Å². The van der Waals surface area contributed by atoms with Crippen molar-refractivity contribution in [3.8, 4) is 5.75 Å². The molecule has 3 aromatic rings. The summed E-state index contributed by atoms with van der Waals surface area (Å²) >= 11 is 2.63. The second kappa shape index (κ2) is 11.5. The molecule has 2 heterocycles. The number of carbonyl (C=O) groups excluding carboxylic acids is 2. The summed E-state index contributed by atoms with van der Waals surface area (Å²) in [5.41, 5.74) is 2.75. The predicted octanol–water partition coefficient (Wildman–Crippen LogP) is 5.33. The molecule has 0 bridgehead atoms. The molecular weight excluding hydrogens is 472 g/mol. The van der Waals surface area contributed by atoms with Crippen LogP contribution >= 0.6 is 23.1 Å².